The number of benzene rings is 1. The highest BCUT2D eigenvalue weighted by Gasteiger charge is 2.08. The van der Waals surface area contributed by atoms with Gasteiger partial charge in [0, 0.05) is 11.8 Å². The van der Waals surface area contributed by atoms with Crippen molar-refractivity contribution in [3.63, 3.8) is 0 Å². The number of carboxylic acids is 1. The van der Waals surface area contributed by atoms with Gasteiger partial charge in [0.2, 0.25) is 0 Å². The molecule has 0 saturated carbocycles. The maximum absolute atomic E-state index is 10.8. The lowest BCUT2D eigenvalue weighted by atomic mass is 10.1. The Hall–Kier alpha value is -1.36. The summed E-state index contributed by atoms with van der Waals surface area (Å²) in [4.78, 5) is 10.8. The number of nitrogens with two attached hydrogens (primary N) is 1. The van der Waals surface area contributed by atoms with E-state index in [0.29, 0.717) is 11.4 Å². The SMILES string of the molecule is CSCC(C)Nc1cc(C(=O)O)ccc1N. The molecule has 0 bridgehead atoms. The van der Waals surface area contributed by atoms with E-state index in [1.54, 1.807) is 23.9 Å². The van der Waals surface area contributed by atoms with Crippen LogP contribution in [0.5, 0.6) is 0 Å². The molecule has 1 aromatic carbocycles. The second-order valence-corrected chi connectivity index (χ2v) is 4.52. The second-order valence-electron chi connectivity index (χ2n) is 3.61. The third-order valence-electron chi connectivity index (χ3n) is 2.12. The van der Waals surface area contributed by atoms with Crippen LogP contribution in [-0.4, -0.2) is 29.1 Å². The molecule has 0 aromatic heterocycles. The highest BCUT2D eigenvalue weighted by atomic mass is 32.2. The van der Waals surface area contributed by atoms with Crippen LogP contribution < -0.4 is 11.1 Å². The van der Waals surface area contributed by atoms with E-state index in [0.717, 1.165) is 5.75 Å². The topological polar surface area (TPSA) is 75.3 Å². The van der Waals surface area contributed by atoms with Crippen molar-refractivity contribution in [2.75, 3.05) is 23.1 Å². The van der Waals surface area contributed by atoms with Gasteiger partial charge in [-0.25, -0.2) is 4.79 Å². The maximum atomic E-state index is 10.8. The summed E-state index contributed by atoms with van der Waals surface area (Å²) in [5.41, 5.74) is 7.26. The van der Waals surface area contributed by atoms with Gasteiger partial charge in [0.15, 0.2) is 0 Å². The quantitative estimate of drug-likeness (QED) is 0.687. The molecule has 1 rings (SSSR count). The molecule has 0 saturated heterocycles. The Morgan fingerprint density at radius 3 is 2.88 bits per heavy atom. The molecule has 0 spiro atoms. The Bertz CT molecular complexity index is 382. The molecule has 0 radical (unpaired) electrons. The number of hydrogen-bond donors (Lipinski definition) is 3. The third kappa shape index (κ3) is 3.34. The Balaban J connectivity index is 2.85. The van der Waals surface area contributed by atoms with Crippen LogP contribution in [-0.2, 0) is 0 Å². The fourth-order valence-electron chi connectivity index (χ4n) is 1.37. The fraction of sp³-hybridized carbons (Fsp3) is 0.364. The molecule has 0 heterocycles. The first kappa shape index (κ1) is 12.7. The summed E-state index contributed by atoms with van der Waals surface area (Å²) >= 11 is 1.73. The van der Waals surface area contributed by atoms with Crippen molar-refractivity contribution in [3.8, 4) is 0 Å². The van der Waals surface area contributed by atoms with Gasteiger partial charge >= 0.3 is 5.97 Å². The molecule has 1 atom stereocenters. The van der Waals surface area contributed by atoms with Gasteiger partial charge in [-0.1, -0.05) is 0 Å². The number of aromatic carboxylic acids is 1. The normalized spacial score (nSPS) is 12.1. The van der Waals surface area contributed by atoms with Crippen molar-refractivity contribution in [1.29, 1.82) is 0 Å². The third-order valence-corrected chi connectivity index (χ3v) is 2.95. The van der Waals surface area contributed by atoms with E-state index in [2.05, 4.69) is 5.32 Å². The molecule has 5 heteroatoms. The Morgan fingerprint density at radius 2 is 2.31 bits per heavy atom. The predicted octanol–water partition coefficient (Wildman–Crippen LogP) is 2.13. The van der Waals surface area contributed by atoms with Crippen LogP contribution in [0.3, 0.4) is 0 Å². The van der Waals surface area contributed by atoms with Gasteiger partial charge in [0.1, 0.15) is 0 Å². The van der Waals surface area contributed by atoms with Crippen molar-refractivity contribution < 1.29 is 9.90 Å². The zero-order valence-corrected chi connectivity index (χ0v) is 10.2. The number of carboxylic acid groups (broad SMARTS) is 1. The first-order valence-corrected chi connectivity index (χ1v) is 6.32. The Kier molecular flexibility index (Phi) is 4.49. The van der Waals surface area contributed by atoms with Crippen LogP contribution in [0, 0.1) is 0 Å². The van der Waals surface area contributed by atoms with Crippen LogP contribution in [0.15, 0.2) is 18.2 Å². The minimum Gasteiger partial charge on any atom is -0.478 e. The number of thioether (sulfide) groups is 1. The van der Waals surface area contributed by atoms with Crippen LogP contribution in [0.25, 0.3) is 0 Å². The molecule has 16 heavy (non-hydrogen) atoms. The van der Waals surface area contributed by atoms with Gasteiger partial charge in [-0.3, -0.25) is 0 Å². The lowest BCUT2D eigenvalue weighted by molar-refractivity contribution is 0.0697. The first-order chi connectivity index (χ1) is 7.54. The molecule has 0 aliphatic carbocycles. The van der Waals surface area contributed by atoms with Crippen LogP contribution in [0.1, 0.15) is 17.3 Å². The molecule has 0 fully saturated rings. The van der Waals surface area contributed by atoms with E-state index in [1.165, 1.54) is 6.07 Å². The van der Waals surface area contributed by atoms with E-state index in [9.17, 15) is 4.79 Å². The highest BCUT2D eigenvalue weighted by molar-refractivity contribution is 7.98. The van der Waals surface area contributed by atoms with E-state index in [1.807, 2.05) is 13.2 Å². The molecule has 0 aliphatic heterocycles. The van der Waals surface area contributed by atoms with Gasteiger partial charge in [0.25, 0.3) is 0 Å². The molecule has 4 nitrogen and oxygen atoms in total. The Labute approximate surface area is 99.2 Å². The zero-order valence-electron chi connectivity index (χ0n) is 9.36. The van der Waals surface area contributed by atoms with E-state index < -0.39 is 5.97 Å². The van der Waals surface area contributed by atoms with E-state index in [-0.39, 0.29) is 11.6 Å². The van der Waals surface area contributed by atoms with Crippen molar-refractivity contribution in [2.45, 2.75) is 13.0 Å². The second kappa shape index (κ2) is 5.65. The van der Waals surface area contributed by atoms with Gasteiger partial charge in [-0.15, -0.1) is 0 Å². The van der Waals surface area contributed by atoms with Gasteiger partial charge in [-0.05, 0) is 31.4 Å². The number of carbonyl (C=O) groups is 1. The predicted molar refractivity (Wildman–Crippen MR) is 69.3 cm³/mol. The summed E-state index contributed by atoms with van der Waals surface area (Å²) in [5.74, 6) is -0.00271. The van der Waals surface area contributed by atoms with Crippen LogP contribution in [0.4, 0.5) is 11.4 Å². The zero-order chi connectivity index (χ0) is 12.1. The molecule has 4 N–H and O–H groups in total. The lowest BCUT2D eigenvalue weighted by Crippen LogP contribution is -2.19. The molecular weight excluding hydrogens is 224 g/mol. The molecule has 1 aromatic rings. The number of nitrogen functional groups attached to an aromatic ring is 1. The van der Waals surface area contributed by atoms with Crippen molar-refractivity contribution in [3.05, 3.63) is 23.8 Å². The monoisotopic (exact) mass is 240 g/mol. The molecule has 0 aliphatic rings. The highest BCUT2D eigenvalue weighted by Crippen LogP contribution is 2.21. The summed E-state index contributed by atoms with van der Waals surface area (Å²) in [6.45, 7) is 2.03. The smallest absolute Gasteiger partial charge is 0.335 e. The van der Waals surface area contributed by atoms with Crippen LogP contribution in [0.2, 0.25) is 0 Å². The van der Waals surface area contributed by atoms with Crippen molar-refractivity contribution in [2.24, 2.45) is 0 Å². The summed E-state index contributed by atoms with van der Waals surface area (Å²) in [6, 6.07) is 4.93. The minimum absolute atomic E-state index is 0.244. The summed E-state index contributed by atoms with van der Waals surface area (Å²) < 4.78 is 0. The van der Waals surface area contributed by atoms with Crippen molar-refractivity contribution >= 4 is 29.1 Å². The maximum Gasteiger partial charge on any atom is 0.335 e. The minimum atomic E-state index is -0.944. The number of rotatable bonds is 5. The van der Waals surface area contributed by atoms with Crippen molar-refractivity contribution in [1.82, 2.24) is 0 Å². The first-order valence-electron chi connectivity index (χ1n) is 4.93. The average Bonchev–Trinajstić information content (AvgIpc) is 2.21. The summed E-state index contributed by atoms with van der Waals surface area (Å²) in [6.07, 6.45) is 2.02. The van der Waals surface area contributed by atoms with E-state index >= 15 is 0 Å². The number of nitrogens with one attached hydrogen (secondary N) is 1. The van der Waals surface area contributed by atoms with Gasteiger partial charge in [-0.2, -0.15) is 11.8 Å². The molecule has 0 amide bonds. The lowest BCUT2D eigenvalue weighted by Gasteiger charge is -2.16. The van der Waals surface area contributed by atoms with Crippen LogP contribution >= 0.6 is 11.8 Å². The Morgan fingerprint density at radius 1 is 1.62 bits per heavy atom. The molecule has 88 valence electrons. The van der Waals surface area contributed by atoms with E-state index in [4.69, 9.17) is 10.8 Å². The largest absolute Gasteiger partial charge is 0.478 e. The standard InChI is InChI=1S/C11H16N2O2S/c1-7(6-16-2)13-10-5-8(11(14)15)3-4-9(10)12/h3-5,7,13H,6,12H2,1-2H3,(H,14,15). The molecule has 1 unspecified atom stereocenters. The van der Waals surface area contributed by atoms with Gasteiger partial charge in [0.05, 0.1) is 16.9 Å². The summed E-state index contributed by atoms with van der Waals surface area (Å²) in [5, 5.41) is 12.1. The average molecular weight is 240 g/mol. The number of anilines is 2. The fourth-order valence-corrected chi connectivity index (χ4v) is 1.95. The number of hydrogen-bond acceptors (Lipinski definition) is 4. The molecular formula is C11H16N2O2S. The summed E-state index contributed by atoms with van der Waals surface area (Å²) in [7, 11) is 0. The van der Waals surface area contributed by atoms with Gasteiger partial charge < -0.3 is 16.2 Å².